The van der Waals surface area contributed by atoms with Gasteiger partial charge in [-0.3, -0.25) is 4.79 Å². The first-order valence-corrected chi connectivity index (χ1v) is 13.2. The van der Waals surface area contributed by atoms with Crippen LogP contribution in [0, 0.1) is 0 Å². The van der Waals surface area contributed by atoms with E-state index in [4.69, 9.17) is 9.47 Å². The molecule has 4 rings (SSSR count). The molecule has 1 saturated heterocycles. The third kappa shape index (κ3) is 7.16. The lowest BCUT2D eigenvalue weighted by atomic mass is 10.1. The monoisotopic (exact) mass is 532 g/mol. The van der Waals surface area contributed by atoms with Gasteiger partial charge < -0.3 is 29.5 Å². The summed E-state index contributed by atoms with van der Waals surface area (Å²) in [4.78, 5) is 31.3. The zero-order valence-electron chi connectivity index (χ0n) is 22.8. The Morgan fingerprint density at radius 1 is 0.923 bits per heavy atom. The Labute approximate surface area is 229 Å². The molecule has 0 atom stereocenters. The van der Waals surface area contributed by atoms with E-state index < -0.39 is 0 Å². The zero-order chi connectivity index (χ0) is 27.6. The first-order valence-electron chi connectivity index (χ1n) is 13.2. The molecule has 1 aliphatic heterocycles. The molecule has 0 unspecified atom stereocenters. The quantitative estimate of drug-likeness (QED) is 0.428. The number of hydrogen-bond donors (Lipinski definition) is 1. The van der Waals surface area contributed by atoms with Gasteiger partial charge in [0.25, 0.3) is 0 Å². The summed E-state index contributed by atoms with van der Waals surface area (Å²) in [6.45, 7) is 5.31. The van der Waals surface area contributed by atoms with Crippen LogP contribution in [0.15, 0.2) is 60.7 Å². The Morgan fingerprint density at radius 2 is 1.67 bits per heavy atom. The van der Waals surface area contributed by atoms with Crippen LogP contribution >= 0.6 is 0 Å². The van der Waals surface area contributed by atoms with Gasteiger partial charge in [-0.2, -0.15) is 0 Å². The smallest absolute Gasteiger partial charge is 0.317 e. The minimum absolute atomic E-state index is 0.0520. The van der Waals surface area contributed by atoms with Crippen LogP contribution in [0.5, 0.6) is 11.5 Å². The minimum atomic E-state index is -0.217. The first-order chi connectivity index (χ1) is 19.0. The lowest BCUT2D eigenvalue weighted by Gasteiger charge is -2.36. The number of amides is 3. The Kier molecular flexibility index (Phi) is 9.55. The van der Waals surface area contributed by atoms with Crippen molar-refractivity contribution >= 4 is 17.8 Å². The number of ether oxygens (including phenoxy) is 2. The molecule has 39 heavy (non-hydrogen) atoms. The van der Waals surface area contributed by atoms with Gasteiger partial charge in [0.2, 0.25) is 5.91 Å². The molecule has 10 heteroatoms. The number of anilines is 1. The maximum absolute atomic E-state index is 13.1. The molecule has 0 radical (unpaired) electrons. The van der Waals surface area contributed by atoms with Crippen LogP contribution in [0.3, 0.4) is 0 Å². The van der Waals surface area contributed by atoms with E-state index in [1.165, 1.54) is 0 Å². The van der Waals surface area contributed by atoms with Crippen LogP contribution < -0.4 is 19.7 Å². The first kappa shape index (κ1) is 27.7. The maximum atomic E-state index is 13.1. The molecule has 10 nitrogen and oxygen atoms in total. The van der Waals surface area contributed by atoms with Gasteiger partial charge >= 0.3 is 6.03 Å². The summed E-state index contributed by atoms with van der Waals surface area (Å²) in [5.41, 5.74) is 2.74. The van der Waals surface area contributed by atoms with Gasteiger partial charge in [0.15, 0.2) is 17.3 Å². The highest BCUT2D eigenvalue weighted by Gasteiger charge is 2.25. The molecule has 1 aliphatic rings. The number of hydrogen-bond acceptors (Lipinski definition) is 7. The van der Waals surface area contributed by atoms with Crippen molar-refractivity contribution in [1.29, 1.82) is 0 Å². The Bertz CT molecular complexity index is 1230. The number of carbonyl (C=O) groups excluding carboxylic acids is 2. The van der Waals surface area contributed by atoms with E-state index in [-0.39, 0.29) is 18.5 Å². The fourth-order valence-electron chi connectivity index (χ4n) is 4.52. The topological polar surface area (TPSA) is 100 Å². The van der Waals surface area contributed by atoms with Gasteiger partial charge in [0.1, 0.15) is 6.54 Å². The maximum Gasteiger partial charge on any atom is 0.317 e. The van der Waals surface area contributed by atoms with Crippen molar-refractivity contribution in [2.45, 2.75) is 13.3 Å². The Hall–Kier alpha value is -4.34. The fourth-order valence-corrected chi connectivity index (χ4v) is 4.52. The Balaban J connectivity index is 1.32. The summed E-state index contributed by atoms with van der Waals surface area (Å²) in [5, 5.41) is 11.7. The van der Waals surface area contributed by atoms with E-state index in [0.717, 1.165) is 22.6 Å². The minimum Gasteiger partial charge on any atom is -0.493 e. The van der Waals surface area contributed by atoms with Gasteiger partial charge in [-0.25, -0.2) is 4.79 Å². The zero-order valence-corrected chi connectivity index (χ0v) is 22.8. The summed E-state index contributed by atoms with van der Waals surface area (Å²) in [5.74, 6) is 2.00. The van der Waals surface area contributed by atoms with Crippen molar-refractivity contribution in [3.05, 3.63) is 66.2 Å². The second kappa shape index (κ2) is 13.5. The highest BCUT2D eigenvalue weighted by molar-refractivity contribution is 5.84. The van der Waals surface area contributed by atoms with Crippen molar-refractivity contribution < 1.29 is 19.1 Å². The molecule has 206 valence electrons. The molecule has 0 bridgehead atoms. The van der Waals surface area contributed by atoms with Gasteiger partial charge in [-0.1, -0.05) is 30.3 Å². The average Bonchev–Trinajstić information content (AvgIpc) is 2.99. The van der Waals surface area contributed by atoms with Crippen LogP contribution in [0.2, 0.25) is 0 Å². The van der Waals surface area contributed by atoms with Gasteiger partial charge in [0.05, 0.1) is 19.9 Å². The van der Waals surface area contributed by atoms with Gasteiger partial charge in [0, 0.05) is 44.8 Å². The van der Waals surface area contributed by atoms with Crippen LogP contribution in [0.1, 0.15) is 12.5 Å². The van der Waals surface area contributed by atoms with E-state index in [1.807, 2.05) is 72.5 Å². The normalized spacial score (nSPS) is 13.1. The number of piperazine rings is 1. The predicted octanol–water partition coefficient (Wildman–Crippen LogP) is 3.08. The summed E-state index contributed by atoms with van der Waals surface area (Å²) in [7, 11) is 3.20. The third-order valence-corrected chi connectivity index (χ3v) is 6.74. The van der Waals surface area contributed by atoms with Gasteiger partial charge in [-0.05, 0) is 49.2 Å². The molecule has 3 amide bonds. The number of urea groups is 1. The van der Waals surface area contributed by atoms with Crippen molar-refractivity contribution in [2.24, 2.45) is 0 Å². The summed E-state index contributed by atoms with van der Waals surface area (Å²) >= 11 is 0. The van der Waals surface area contributed by atoms with Crippen LogP contribution in [-0.4, -0.2) is 92.0 Å². The van der Waals surface area contributed by atoms with Crippen molar-refractivity contribution in [3.63, 3.8) is 0 Å². The molecular weight excluding hydrogens is 496 g/mol. The number of carbonyl (C=O) groups is 2. The van der Waals surface area contributed by atoms with E-state index in [1.54, 1.807) is 19.1 Å². The molecule has 1 fully saturated rings. The summed E-state index contributed by atoms with van der Waals surface area (Å²) < 4.78 is 10.7. The van der Waals surface area contributed by atoms with Crippen molar-refractivity contribution in [3.8, 4) is 22.8 Å². The average molecular weight is 533 g/mol. The van der Waals surface area contributed by atoms with Gasteiger partial charge in [-0.15, -0.1) is 10.2 Å². The van der Waals surface area contributed by atoms with E-state index in [0.29, 0.717) is 57.2 Å². The number of nitrogens with one attached hydrogen (secondary N) is 1. The Morgan fingerprint density at radius 3 is 2.31 bits per heavy atom. The number of methoxy groups -OCH3 is 2. The van der Waals surface area contributed by atoms with E-state index in [9.17, 15) is 9.59 Å². The van der Waals surface area contributed by atoms with Crippen molar-refractivity contribution in [2.75, 3.05) is 64.9 Å². The highest BCUT2D eigenvalue weighted by Crippen LogP contribution is 2.31. The second-order valence-corrected chi connectivity index (χ2v) is 9.21. The highest BCUT2D eigenvalue weighted by atomic mass is 16.5. The largest absolute Gasteiger partial charge is 0.493 e. The molecule has 1 aromatic heterocycles. The number of rotatable bonds is 10. The second-order valence-electron chi connectivity index (χ2n) is 9.21. The standard InChI is InChI=1S/C29H36N6O4/c1-4-30-29(37)35(15-14-22-8-6-5-7-9-22)21-28(36)34-18-16-33(17-19-34)27-13-11-24(31-32-27)23-10-12-25(38-2)26(20-23)39-3/h5-13,20H,4,14-19,21H2,1-3H3,(H,30,37). The van der Waals surface area contributed by atoms with E-state index in [2.05, 4.69) is 20.4 Å². The molecular formula is C29H36N6O4. The summed E-state index contributed by atoms with van der Waals surface area (Å²) in [6, 6.07) is 19.3. The molecule has 0 aliphatic carbocycles. The lowest BCUT2D eigenvalue weighted by molar-refractivity contribution is -0.132. The molecule has 3 aromatic rings. The lowest BCUT2D eigenvalue weighted by Crippen LogP contribution is -2.53. The third-order valence-electron chi connectivity index (χ3n) is 6.74. The van der Waals surface area contributed by atoms with Crippen LogP contribution in [-0.2, 0) is 11.2 Å². The molecule has 0 saturated carbocycles. The number of benzene rings is 2. The molecule has 1 N–H and O–H groups in total. The predicted molar refractivity (Wildman–Crippen MR) is 150 cm³/mol. The van der Waals surface area contributed by atoms with Crippen LogP contribution in [0.25, 0.3) is 11.3 Å². The molecule has 2 aromatic carbocycles. The fraction of sp³-hybridized carbons (Fsp3) is 0.379. The summed E-state index contributed by atoms with van der Waals surface area (Å²) in [6.07, 6.45) is 0.691. The number of nitrogens with zero attached hydrogens (tertiary/aromatic N) is 5. The number of aromatic nitrogens is 2. The van der Waals surface area contributed by atoms with E-state index >= 15 is 0 Å². The SMILES string of the molecule is CCNC(=O)N(CCc1ccccc1)CC(=O)N1CCN(c2ccc(-c3ccc(OC)c(OC)c3)nn2)CC1. The molecule has 0 spiro atoms. The van der Waals surface area contributed by atoms with Crippen LogP contribution in [0.4, 0.5) is 10.6 Å². The van der Waals surface area contributed by atoms with Crippen molar-refractivity contribution in [1.82, 2.24) is 25.3 Å². The molecule has 2 heterocycles.